The van der Waals surface area contributed by atoms with Crippen LogP contribution in [0.25, 0.3) is 0 Å². The number of hydrogen-bond acceptors (Lipinski definition) is 3. The maximum atomic E-state index is 12.1. The lowest BCUT2D eigenvalue weighted by molar-refractivity contribution is 0.0955. The molecule has 0 saturated carbocycles. The second-order valence-corrected chi connectivity index (χ2v) is 5.93. The Labute approximate surface area is 157 Å². The highest BCUT2D eigenvalue weighted by Crippen LogP contribution is 2.15. The van der Waals surface area contributed by atoms with Gasteiger partial charge in [-0.2, -0.15) is 5.10 Å². The maximum Gasteiger partial charge on any atom is 0.271 e. The number of carbonyl (C=O) groups is 1. The van der Waals surface area contributed by atoms with Crippen LogP contribution in [-0.4, -0.2) is 12.1 Å². The topological polar surface area (TPSA) is 50.7 Å². The Morgan fingerprint density at radius 3 is 2.38 bits per heavy atom. The summed E-state index contributed by atoms with van der Waals surface area (Å²) in [6.07, 6.45) is 1.51. The minimum atomic E-state index is -0.303. The first kappa shape index (κ1) is 17.7. The fourth-order valence-corrected chi connectivity index (χ4v) is 2.43. The van der Waals surface area contributed by atoms with Crippen molar-refractivity contribution in [1.29, 1.82) is 0 Å². The SMILES string of the molecule is O=C(NN=Cc1ccccc1Cl)c1ccc(OCc2ccccc2)cc1. The predicted molar refractivity (Wildman–Crippen MR) is 104 cm³/mol. The summed E-state index contributed by atoms with van der Waals surface area (Å²) in [4.78, 5) is 12.1. The van der Waals surface area contributed by atoms with E-state index in [1.54, 1.807) is 30.3 Å². The van der Waals surface area contributed by atoms with Crippen LogP contribution in [0.3, 0.4) is 0 Å². The molecule has 0 radical (unpaired) electrons. The molecule has 0 saturated heterocycles. The number of carbonyl (C=O) groups excluding carboxylic acids is 1. The van der Waals surface area contributed by atoms with Crippen LogP contribution in [0.5, 0.6) is 5.75 Å². The van der Waals surface area contributed by atoms with Gasteiger partial charge in [0.1, 0.15) is 12.4 Å². The smallest absolute Gasteiger partial charge is 0.271 e. The van der Waals surface area contributed by atoms with E-state index in [-0.39, 0.29) is 5.91 Å². The second kappa shape index (κ2) is 8.83. The number of amides is 1. The van der Waals surface area contributed by atoms with Gasteiger partial charge in [-0.25, -0.2) is 5.43 Å². The molecule has 0 atom stereocenters. The molecule has 0 aliphatic carbocycles. The average Bonchev–Trinajstić information content (AvgIpc) is 2.69. The molecule has 0 bridgehead atoms. The van der Waals surface area contributed by atoms with E-state index in [1.807, 2.05) is 48.5 Å². The lowest BCUT2D eigenvalue weighted by Gasteiger charge is -2.07. The van der Waals surface area contributed by atoms with Crippen LogP contribution in [0.15, 0.2) is 84.0 Å². The van der Waals surface area contributed by atoms with E-state index in [0.29, 0.717) is 22.9 Å². The third-order valence-corrected chi connectivity index (χ3v) is 3.98. The Morgan fingerprint density at radius 2 is 1.65 bits per heavy atom. The lowest BCUT2D eigenvalue weighted by atomic mass is 10.2. The molecule has 3 aromatic rings. The summed E-state index contributed by atoms with van der Waals surface area (Å²) in [5, 5.41) is 4.51. The summed E-state index contributed by atoms with van der Waals surface area (Å²) in [5.41, 5.74) is 4.80. The van der Waals surface area contributed by atoms with Crippen LogP contribution in [0.2, 0.25) is 5.02 Å². The normalized spacial score (nSPS) is 10.7. The van der Waals surface area contributed by atoms with Crippen LogP contribution in [0.1, 0.15) is 21.5 Å². The molecule has 3 rings (SSSR count). The first-order valence-corrected chi connectivity index (χ1v) is 8.45. The summed E-state index contributed by atoms with van der Waals surface area (Å²) in [7, 11) is 0. The predicted octanol–water partition coefficient (Wildman–Crippen LogP) is 4.68. The minimum absolute atomic E-state index is 0.303. The van der Waals surface area contributed by atoms with Crippen LogP contribution < -0.4 is 10.2 Å². The summed E-state index contributed by atoms with van der Waals surface area (Å²) in [5.74, 6) is 0.396. The van der Waals surface area contributed by atoms with Crippen molar-refractivity contribution >= 4 is 23.7 Å². The highest BCUT2D eigenvalue weighted by Gasteiger charge is 2.05. The number of hydrogen-bond donors (Lipinski definition) is 1. The van der Waals surface area contributed by atoms with Crippen LogP contribution in [0, 0.1) is 0 Å². The number of ether oxygens (including phenoxy) is 1. The minimum Gasteiger partial charge on any atom is -0.489 e. The van der Waals surface area contributed by atoms with E-state index >= 15 is 0 Å². The third-order valence-electron chi connectivity index (χ3n) is 3.64. The zero-order valence-electron chi connectivity index (χ0n) is 13.9. The van der Waals surface area contributed by atoms with Gasteiger partial charge in [-0.3, -0.25) is 4.79 Å². The van der Waals surface area contributed by atoms with Gasteiger partial charge in [0.05, 0.1) is 6.21 Å². The maximum absolute atomic E-state index is 12.1. The zero-order valence-corrected chi connectivity index (χ0v) is 14.7. The van der Waals surface area contributed by atoms with Crippen molar-refractivity contribution in [2.75, 3.05) is 0 Å². The molecular weight excluding hydrogens is 348 g/mol. The van der Waals surface area contributed by atoms with Crippen LogP contribution in [-0.2, 0) is 6.61 Å². The van der Waals surface area contributed by atoms with Gasteiger partial charge in [0, 0.05) is 16.1 Å². The molecular formula is C21H17ClN2O2. The van der Waals surface area contributed by atoms with E-state index in [2.05, 4.69) is 10.5 Å². The molecule has 0 aromatic heterocycles. The first-order chi connectivity index (χ1) is 12.7. The van der Waals surface area contributed by atoms with Gasteiger partial charge in [-0.15, -0.1) is 0 Å². The molecule has 26 heavy (non-hydrogen) atoms. The molecule has 0 fully saturated rings. The van der Waals surface area contributed by atoms with Gasteiger partial charge in [-0.05, 0) is 35.9 Å². The molecule has 0 unspecified atom stereocenters. The first-order valence-electron chi connectivity index (χ1n) is 8.07. The van der Waals surface area contributed by atoms with Crippen LogP contribution in [0.4, 0.5) is 0 Å². The van der Waals surface area contributed by atoms with Gasteiger partial charge in [0.2, 0.25) is 0 Å². The quantitative estimate of drug-likeness (QED) is 0.510. The van der Waals surface area contributed by atoms with Crippen molar-refractivity contribution in [2.24, 2.45) is 5.10 Å². The van der Waals surface area contributed by atoms with Gasteiger partial charge in [0.15, 0.2) is 0 Å². The van der Waals surface area contributed by atoms with Gasteiger partial charge in [-0.1, -0.05) is 60.1 Å². The number of nitrogens with one attached hydrogen (secondary N) is 1. The highest BCUT2D eigenvalue weighted by atomic mass is 35.5. The molecule has 5 heteroatoms. The number of rotatable bonds is 6. The summed E-state index contributed by atoms with van der Waals surface area (Å²) >= 11 is 6.03. The molecule has 0 aliphatic rings. The highest BCUT2D eigenvalue weighted by molar-refractivity contribution is 6.33. The molecule has 0 aliphatic heterocycles. The fraction of sp³-hybridized carbons (Fsp3) is 0.0476. The second-order valence-electron chi connectivity index (χ2n) is 5.52. The number of hydrazone groups is 1. The molecule has 3 aromatic carbocycles. The van der Waals surface area contributed by atoms with Gasteiger partial charge >= 0.3 is 0 Å². The molecule has 1 N–H and O–H groups in total. The van der Waals surface area contributed by atoms with Crippen molar-refractivity contribution < 1.29 is 9.53 Å². The molecule has 1 amide bonds. The Hall–Kier alpha value is -3.11. The van der Waals surface area contributed by atoms with Gasteiger partial charge in [0.25, 0.3) is 5.91 Å². The average molecular weight is 365 g/mol. The summed E-state index contributed by atoms with van der Waals surface area (Å²) in [6.45, 7) is 0.481. The fourth-order valence-electron chi connectivity index (χ4n) is 2.25. The Morgan fingerprint density at radius 1 is 0.962 bits per heavy atom. The summed E-state index contributed by atoms with van der Waals surface area (Å²) < 4.78 is 5.70. The molecule has 130 valence electrons. The van der Waals surface area contributed by atoms with E-state index in [0.717, 1.165) is 11.1 Å². The zero-order chi connectivity index (χ0) is 18.2. The summed E-state index contributed by atoms with van der Waals surface area (Å²) in [6, 6.07) is 24.1. The van der Waals surface area contributed by atoms with Crippen molar-refractivity contribution in [3.63, 3.8) is 0 Å². The third kappa shape index (κ3) is 4.94. The van der Waals surface area contributed by atoms with Crippen molar-refractivity contribution in [3.05, 3.63) is 101 Å². The Kier molecular flexibility index (Phi) is 6.01. The largest absolute Gasteiger partial charge is 0.489 e. The van der Waals surface area contributed by atoms with Crippen molar-refractivity contribution in [2.45, 2.75) is 6.61 Å². The number of nitrogens with zero attached hydrogens (tertiary/aromatic N) is 1. The monoisotopic (exact) mass is 364 g/mol. The molecule has 0 spiro atoms. The lowest BCUT2D eigenvalue weighted by Crippen LogP contribution is -2.17. The van der Waals surface area contributed by atoms with E-state index in [4.69, 9.17) is 16.3 Å². The standard InChI is InChI=1S/C21H17ClN2O2/c22-20-9-5-4-8-18(20)14-23-24-21(25)17-10-12-19(13-11-17)26-15-16-6-2-1-3-7-16/h1-14H,15H2,(H,24,25). The molecule has 0 heterocycles. The van der Waals surface area contributed by atoms with Gasteiger partial charge < -0.3 is 4.74 Å². The number of halogens is 1. The van der Waals surface area contributed by atoms with E-state index < -0.39 is 0 Å². The Bertz CT molecular complexity index is 893. The van der Waals surface area contributed by atoms with Crippen molar-refractivity contribution in [3.8, 4) is 5.75 Å². The Balaban J connectivity index is 1.54. The number of benzene rings is 3. The van der Waals surface area contributed by atoms with E-state index in [9.17, 15) is 4.79 Å². The molecule has 4 nitrogen and oxygen atoms in total. The van der Waals surface area contributed by atoms with Crippen molar-refractivity contribution in [1.82, 2.24) is 5.43 Å². The van der Waals surface area contributed by atoms with Crippen LogP contribution >= 0.6 is 11.6 Å². The van der Waals surface area contributed by atoms with E-state index in [1.165, 1.54) is 6.21 Å².